The van der Waals surface area contributed by atoms with Gasteiger partial charge in [0.25, 0.3) is 0 Å². The van der Waals surface area contributed by atoms with Crippen LogP contribution in [0.25, 0.3) is 0 Å². The van der Waals surface area contributed by atoms with Crippen LogP contribution in [-0.4, -0.2) is 5.75 Å². The van der Waals surface area contributed by atoms with Gasteiger partial charge in [-0.15, -0.1) is 11.8 Å². The van der Waals surface area contributed by atoms with Gasteiger partial charge in [-0.1, -0.05) is 18.5 Å². The lowest BCUT2D eigenvalue weighted by Crippen LogP contribution is -1.77. The van der Waals surface area contributed by atoms with Crippen molar-refractivity contribution in [2.45, 2.75) is 11.8 Å². The lowest BCUT2D eigenvalue weighted by atomic mass is 10.4. The van der Waals surface area contributed by atoms with Crippen molar-refractivity contribution in [2.75, 3.05) is 5.75 Å². The molecule has 0 amide bonds. The van der Waals surface area contributed by atoms with Crippen LogP contribution in [-0.2, 0) is 0 Å². The number of thioether (sulfide) groups is 1. The number of halogens is 2. The molecule has 0 spiro atoms. The molecule has 0 aliphatic rings. The zero-order valence-electron chi connectivity index (χ0n) is 6.10. The summed E-state index contributed by atoms with van der Waals surface area (Å²) >= 11 is 10.0. The molecule has 1 rings (SSSR count). The first-order valence-electron chi connectivity index (χ1n) is 3.32. The van der Waals surface area contributed by atoms with Crippen LogP contribution in [0.4, 0.5) is 0 Å². The fourth-order valence-electron chi connectivity index (χ4n) is 0.743. The summed E-state index contributed by atoms with van der Waals surface area (Å²) < 4.78 is 1.24. The third-order valence-electron chi connectivity index (χ3n) is 1.19. The standard InChI is InChI=1S/C8H8ClIS/c1-2-11-8-5-6(10)3-4-7(8)9/h3-5H,2H2,1H3. The molecule has 0 N–H and O–H groups in total. The highest BCUT2D eigenvalue weighted by molar-refractivity contribution is 14.1. The number of hydrogen-bond acceptors (Lipinski definition) is 1. The Bertz CT molecular complexity index is 250. The van der Waals surface area contributed by atoms with Gasteiger partial charge < -0.3 is 0 Å². The molecule has 0 radical (unpaired) electrons. The Morgan fingerprint density at radius 2 is 2.27 bits per heavy atom. The molecule has 0 atom stereocenters. The topological polar surface area (TPSA) is 0 Å². The van der Waals surface area contributed by atoms with Gasteiger partial charge in [0.05, 0.1) is 5.02 Å². The summed E-state index contributed by atoms with van der Waals surface area (Å²) in [5.74, 6) is 1.07. The quantitative estimate of drug-likeness (QED) is 0.586. The first-order valence-corrected chi connectivity index (χ1v) is 5.76. The summed E-state index contributed by atoms with van der Waals surface area (Å²) in [5.41, 5.74) is 0. The Morgan fingerprint density at radius 1 is 1.55 bits per heavy atom. The van der Waals surface area contributed by atoms with Crippen molar-refractivity contribution in [3.63, 3.8) is 0 Å². The minimum absolute atomic E-state index is 0.859. The maximum Gasteiger partial charge on any atom is 0.0542 e. The summed E-state index contributed by atoms with van der Waals surface area (Å²) in [6.07, 6.45) is 0. The Hall–Kier alpha value is 0.590. The van der Waals surface area contributed by atoms with Crippen LogP contribution < -0.4 is 0 Å². The monoisotopic (exact) mass is 298 g/mol. The maximum atomic E-state index is 5.95. The Kier molecular flexibility index (Phi) is 4.02. The van der Waals surface area contributed by atoms with Gasteiger partial charge in [-0.3, -0.25) is 0 Å². The molecule has 1 aromatic rings. The summed E-state index contributed by atoms with van der Waals surface area (Å²) in [7, 11) is 0. The van der Waals surface area contributed by atoms with E-state index in [0.717, 1.165) is 10.8 Å². The minimum atomic E-state index is 0.859. The van der Waals surface area contributed by atoms with Crippen molar-refractivity contribution in [1.29, 1.82) is 0 Å². The molecule has 0 aliphatic heterocycles. The lowest BCUT2D eigenvalue weighted by molar-refractivity contribution is 1.41. The van der Waals surface area contributed by atoms with E-state index in [2.05, 4.69) is 35.6 Å². The molecule has 0 aliphatic carbocycles. The van der Waals surface area contributed by atoms with Gasteiger partial charge in [0, 0.05) is 8.47 Å². The predicted molar refractivity (Wildman–Crippen MR) is 60.6 cm³/mol. The first kappa shape index (κ1) is 9.68. The van der Waals surface area contributed by atoms with Crippen LogP contribution in [0.2, 0.25) is 5.02 Å². The largest absolute Gasteiger partial charge is 0.125 e. The van der Waals surface area contributed by atoms with Crippen LogP contribution >= 0.6 is 46.0 Å². The molecule has 60 valence electrons. The molecule has 0 unspecified atom stereocenters. The van der Waals surface area contributed by atoms with Crippen LogP contribution in [0.3, 0.4) is 0 Å². The van der Waals surface area contributed by atoms with Crippen LogP contribution in [0.5, 0.6) is 0 Å². The molecule has 1 aromatic carbocycles. The average Bonchev–Trinajstić information content (AvgIpc) is 1.98. The van der Waals surface area contributed by atoms with E-state index < -0.39 is 0 Å². The van der Waals surface area contributed by atoms with Crippen LogP contribution in [0, 0.1) is 3.57 Å². The van der Waals surface area contributed by atoms with Crippen molar-refractivity contribution in [3.05, 3.63) is 26.8 Å². The second kappa shape index (κ2) is 4.58. The van der Waals surface area contributed by atoms with E-state index in [1.54, 1.807) is 11.8 Å². The molecular formula is C8H8ClIS. The van der Waals surface area contributed by atoms with Gasteiger partial charge in [-0.05, 0) is 46.5 Å². The van der Waals surface area contributed by atoms with Crippen molar-refractivity contribution in [1.82, 2.24) is 0 Å². The third kappa shape index (κ3) is 2.84. The second-order valence-corrected chi connectivity index (χ2v) is 4.97. The SMILES string of the molecule is CCSc1cc(I)ccc1Cl. The maximum absolute atomic E-state index is 5.95. The van der Waals surface area contributed by atoms with Crippen molar-refractivity contribution in [3.8, 4) is 0 Å². The summed E-state index contributed by atoms with van der Waals surface area (Å²) in [5, 5.41) is 0.859. The highest BCUT2D eigenvalue weighted by Crippen LogP contribution is 2.28. The number of benzene rings is 1. The smallest absolute Gasteiger partial charge is 0.0542 e. The molecule has 0 saturated carbocycles. The highest BCUT2D eigenvalue weighted by Gasteiger charge is 1.99. The minimum Gasteiger partial charge on any atom is -0.125 e. The summed E-state index contributed by atoms with van der Waals surface area (Å²) in [4.78, 5) is 1.18. The van der Waals surface area contributed by atoms with Gasteiger partial charge >= 0.3 is 0 Å². The highest BCUT2D eigenvalue weighted by atomic mass is 127. The fraction of sp³-hybridized carbons (Fsp3) is 0.250. The molecule has 0 saturated heterocycles. The molecular weight excluding hydrogens is 291 g/mol. The third-order valence-corrected chi connectivity index (χ3v) is 3.24. The number of hydrogen-bond donors (Lipinski definition) is 0. The molecule has 0 fully saturated rings. The van der Waals surface area contributed by atoms with Gasteiger partial charge in [-0.2, -0.15) is 0 Å². The number of rotatable bonds is 2. The normalized spacial score (nSPS) is 10.1. The summed E-state index contributed by atoms with van der Waals surface area (Å²) in [6, 6.07) is 6.07. The first-order chi connectivity index (χ1) is 5.24. The summed E-state index contributed by atoms with van der Waals surface area (Å²) in [6.45, 7) is 2.13. The van der Waals surface area contributed by atoms with Gasteiger partial charge in [0.2, 0.25) is 0 Å². The van der Waals surface area contributed by atoms with E-state index in [9.17, 15) is 0 Å². The van der Waals surface area contributed by atoms with Crippen molar-refractivity contribution >= 4 is 46.0 Å². The second-order valence-electron chi connectivity index (χ2n) is 2.01. The van der Waals surface area contributed by atoms with Crippen molar-refractivity contribution < 1.29 is 0 Å². The van der Waals surface area contributed by atoms with Crippen molar-refractivity contribution in [2.24, 2.45) is 0 Å². The zero-order valence-corrected chi connectivity index (χ0v) is 9.83. The van der Waals surface area contributed by atoms with Gasteiger partial charge in [-0.25, -0.2) is 0 Å². The Morgan fingerprint density at radius 3 is 2.91 bits per heavy atom. The molecule has 3 heteroatoms. The molecule has 0 aromatic heterocycles. The van der Waals surface area contributed by atoms with E-state index >= 15 is 0 Å². The van der Waals surface area contributed by atoms with E-state index in [1.165, 1.54) is 8.47 Å². The molecule has 0 nitrogen and oxygen atoms in total. The van der Waals surface area contributed by atoms with E-state index in [1.807, 2.05) is 12.1 Å². The predicted octanol–water partition coefficient (Wildman–Crippen LogP) is 4.06. The fourth-order valence-corrected chi connectivity index (χ4v) is 2.45. The van der Waals surface area contributed by atoms with Gasteiger partial charge in [0.15, 0.2) is 0 Å². The van der Waals surface area contributed by atoms with E-state index in [-0.39, 0.29) is 0 Å². The average molecular weight is 299 g/mol. The zero-order chi connectivity index (χ0) is 8.27. The van der Waals surface area contributed by atoms with Crippen LogP contribution in [0.1, 0.15) is 6.92 Å². The van der Waals surface area contributed by atoms with E-state index in [4.69, 9.17) is 11.6 Å². The Labute approximate surface area is 89.8 Å². The molecule has 0 heterocycles. The van der Waals surface area contributed by atoms with E-state index in [0.29, 0.717) is 0 Å². The van der Waals surface area contributed by atoms with Crippen LogP contribution in [0.15, 0.2) is 23.1 Å². The molecule has 0 bridgehead atoms. The lowest BCUT2D eigenvalue weighted by Gasteiger charge is -2.01. The Balaban J connectivity index is 2.93. The van der Waals surface area contributed by atoms with Gasteiger partial charge in [0.1, 0.15) is 0 Å². The molecule has 11 heavy (non-hydrogen) atoms.